The van der Waals surface area contributed by atoms with Crippen molar-refractivity contribution in [1.29, 1.82) is 0 Å². The first-order chi connectivity index (χ1) is 5.88. The fraction of sp³-hybridized carbons (Fsp3) is 0. The van der Waals surface area contributed by atoms with Gasteiger partial charge in [0, 0.05) is 24.8 Å². The van der Waals surface area contributed by atoms with Gasteiger partial charge >= 0.3 is 0 Å². The Kier molecular flexibility index (Phi) is 1.48. The minimum absolute atomic E-state index is 0.390. The molecule has 2 rings (SSSR count). The second kappa shape index (κ2) is 2.61. The first-order valence-corrected chi connectivity index (χ1v) is 3.44. The molecule has 0 aliphatic carbocycles. The molecule has 12 heavy (non-hydrogen) atoms. The van der Waals surface area contributed by atoms with Crippen LogP contribution in [0.4, 0.5) is 5.95 Å². The normalized spacial score (nSPS) is 10.0. The summed E-state index contributed by atoms with van der Waals surface area (Å²) in [6.07, 6.45) is 6.62. The lowest BCUT2D eigenvalue weighted by Crippen LogP contribution is -2.03. The Balaban J connectivity index is 2.51. The van der Waals surface area contributed by atoms with Crippen LogP contribution in [0.25, 0.3) is 5.95 Å². The predicted octanol–water partition coefficient (Wildman–Crippen LogP) is 0.244. The van der Waals surface area contributed by atoms with Gasteiger partial charge in [0.05, 0.1) is 0 Å². The number of nitrogen functional groups attached to an aromatic ring is 1. The largest absolute Gasteiger partial charge is 0.369 e. The Morgan fingerprint density at radius 3 is 2.42 bits per heavy atom. The van der Waals surface area contributed by atoms with Gasteiger partial charge in [-0.2, -0.15) is 0 Å². The van der Waals surface area contributed by atoms with E-state index in [4.69, 9.17) is 5.73 Å². The molecule has 0 atom stereocenters. The smallest absolute Gasteiger partial charge is 0.236 e. The van der Waals surface area contributed by atoms with Gasteiger partial charge in [0.25, 0.3) is 0 Å². The summed E-state index contributed by atoms with van der Waals surface area (Å²) in [7, 11) is 0. The molecule has 2 aromatic rings. The quantitative estimate of drug-likeness (QED) is 0.650. The zero-order chi connectivity index (χ0) is 8.39. The summed E-state index contributed by atoms with van der Waals surface area (Å²) in [4.78, 5) is 11.9. The number of anilines is 1. The highest BCUT2D eigenvalue weighted by Gasteiger charge is 2.00. The van der Waals surface area contributed by atoms with Crippen molar-refractivity contribution < 1.29 is 0 Å². The third-order valence-corrected chi connectivity index (χ3v) is 1.44. The van der Waals surface area contributed by atoms with Gasteiger partial charge in [0.1, 0.15) is 0 Å². The number of hydrogen-bond donors (Lipinski definition) is 1. The van der Waals surface area contributed by atoms with E-state index in [1.165, 1.54) is 0 Å². The Hall–Kier alpha value is -1.91. The van der Waals surface area contributed by atoms with Crippen molar-refractivity contribution in [2.45, 2.75) is 0 Å². The van der Waals surface area contributed by atoms with E-state index < -0.39 is 0 Å². The fourth-order valence-electron chi connectivity index (χ4n) is 0.900. The van der Waals surface area contributed by atoms with Crippen LogP contribution in [0.5, 0.6) is 0 Å². The maximum absolute atomic E-state index is 5.54. The van der Waals surface area contributed by atoms with Crippen molar-refractivity contribution in [1.82, 2.24) is 19.5 Å². The van der Waals surface area contributed by atoms with Gasteiger partial charge in [-0.3, -0.25) is 4.57 Å². The fourth-order valence-corrected chi connectivity index (χ4v) is 0.900. The van der Waals surface area contributed by atoms with E-state index in [0.29, 0.717) is 11.9 Å². The van der Waals surface area contributed by atoms with Crippen LogP contribution >= 0.6 is 0 Å². The maximum atomic E-state index is 5.54. The molecule has 2 heterocycles. The van der Waals surface area contributed by atoms with E-state index in [1.54, 1.807) is 35.4 Å². The van der Waals surface area contributed by atoms with Crippen molar-refractivity contribution in [2.75, 3.05) is 5.73 Å². The first-order valence-electron chi connectivity index (χ1n) is 3.44. The van der Waals surface area contributed by atoms with Crippen LogP contribution in [0.2, 0.25) is 0 Å². The van der Waals surface area contributed by atoms with E-state index in [1.807, 2.05) is 0 Å². The lowest BCUT2D eigenvalue weighted by atomic mass is 10.7. The lowest BCUT2D eigenvalue weighted by molar-refractivity contribution is 0.937. The first kappa shape index (κ1) is 6.78. The molecule has 0 bridgehead atoms. The molecule has 0 saturated carbocycles. The van der Waals surface area contributed by atoms with Crippen LogP contribution < -0.4 is 5.73 Å². The minimum Gasteiger partial charge on any atom is -0.369 e. The third kappa shape index (κ3) is 1.01. The lowest BCUT2D eigenvalue weighted by Gasteiger charge is -1.99. The number of hydrogen-bond acceptors (Lipinski definition) is 4. The van der Waals surface area contributed by atoms with Gasteiger partial charge < -0.3 is 5.73 Å². The van der Waals surface area contributed by atoms with Gasteiger partial charge in [-0.1, -0.05) is 0 Å². The van der Waals surface area contributed by atoms with Crippen LogP contribution in [-0.4, -0.2) is 19.5 Å². The molecule has 0 saturated heterocycles. The molecule has 0 aromatic carbocycles. The van der Waals surface area contributed by atoms with Crippen molar-refractivity contribution in [3.05, 3.63) is 30.9 Å². The van der Waals surface area contributed by atoms with Gasteiger partial charge in [0.2, 0.25) is 11.9 Å². The average molecular weight is 161 g/mol. The highest BCUT2D eigenvalue weighted by Crippen LogP contribution is 2.04. The number of nitrogens with zero attached hydrogens (tertiary/aromatic N) is 4. The van der Waals surface area contributed by atoms with Gasteiger partial charge in [-0.15, -0.1) is 0 Å². The molecule has 0 aliphatic heterocycles. The minimum atomic E-state index is 0.390. The molecule has 5 heteroatoms. The zero-order valence-corrected chi connectivity index (χ0v) is 6.25. The Morgan fingerprint density at radius 2 is 1.83 bits per heavy atom. The van der Waals surface area contributed by atoms with Crippen LogP contribution in [0, 0.1) is 0 Å². The molecule has 0 unspecified atom stereocenters. The van der Waals surface area contributed by atoms with E-state index in [2.05, 4.69) is 15.0 Å². The van der Waals surface area contributed by atoms with Gasteiger partial charge in [-0.05, 0) is 6.07 Å². The predicted molar refractivity (Wildman–Crippen MR) is 43.6 cm³/mol. The Labute approximate surface area is 68.9 Å². The standard InChI is InChI=1S/C7H7N5/c8-6-9-4-5-12(6)7-10-2-1-3-11-7/h1-5H,(H2,8,9). The van der Waals surface area contributed by atoms with Crippen molar-refractivity contribution in [3.8, 4) is 5.95 Å². The molecule has 2 aromatic heterocycles. The summed E-state index contributed by atoms with van der Waals surface area (Å²) in [6, 6.07) is 1.75. The van der Waals surface area contributed by atoms with Crippen LogP contribution in [0.3, 0.4) is 0 Å². The van der Waals surface area contributed by atoms with Crippen LogP contribution in [-0.2, 0) is 0 Å². The average Bonchev–Trinajstić information content (AvgIpc) is 2.53. The summed E-state index contributed by atoms with van der Waals surface area (Å²) in [5.41, 5.74) is 5.54. The second-order valence-electron chi connectivity index (χ2n) is 2.20. The topological polar surface area (TPSA) is 69.6 Å². The van der Waals surface area contributed by atoms with Crippen LogP contribution in [0.15, 0.2) is 30.9 Å². The summed E-state index contributed by atoms with van der Waals surface area (Å²) in [5, 5.41) is 0. The molecular weight excluding hydrogens is 154 g/mol. The highest BCUT2D eigenvalue weighted by molar-refractivity contribution is 5.27. The van der Waals surface area contributed by atoms with Crippen molar-refractivity contribution in [3.63, 3.8) is 0 Å². The molecule has 2 N–H and O–H groups in total. The SMILES string of the molecule is Nc1nccn1-c1ncccn1. The maximum Gasteiger partial charge on any atom is 0.236 e. The van der Waals surface area contributed by atoms with E-state index >= 15 is 0 Å². The molecule has 0 radical (unpaired) electrons. The summed E-state index contributed by atoms with van der Waals surface area (Å²) >= 11 is 0. The van der Waals surface area contributed by atoms with E-state index in [9.17, 15) is 0 Å². The highest BCUT2D eigenvalue weighted by atomic mass is 15.2. The van der Waals surface area contributed by atoms with E-state index in [-0.39, 0.29) is 0 Å². The van der Waals surface area contributed by atoms with E-state index in [0.717, 1.165) is 0 Å². The van der Waals surface area contributed by atoms with Crippen molar-refractivity contribution in [2.24, 2.45) is 0 Å². The third-order valence-electron chi connectivity index (χ3n) is 1.44. The zero-order valence-electron chi connectivity index (χ0n) is 6.25. The Bertz CT molecular complexity index is 366. The van der Waals surface area contributed by atoms with Crippen LogP contribution in [0.1, 0.15) is 0 Å². The second-order valence-corrected chi connectivity index (χ2v) is 2.20. The van der Waals surface area contributed by atoms with Gasteiger partial charge in [0.15, 0.2) is 0 Å². The Morgan fingerprint density at radius 1 is 1.08 bits per heavy atom. The monoisotopic (exact) mass is 161 g/mol. The van der Waals surface area contributed by atoms with Crippen molar-refractivity contribution >= 4 is 5.95 Å². The molecule has 0 fully saturated rings. The summed E-state index contributed by atoms with van der Waals surface area (Å²) in [6.45, 7) is 0. The number of imidazole rings is 1. The molecular formula is C7H7N5. The summed E-state index contributed by atoms with van der Waals surface area (Å²) in [5.74, 6) is 0.925. The molecule has 0 amide bonds. The molecule has 5 nitrogen and oxygen atoms in total. The number of aromatic nitrogens is 4. The molecule has 0 spiro atoms. The summed E-state index contributed by atoms with van der Waals surface area (Å²) < 4.78 is 1.61. The van der Waals surface area contributed by atoms with Gasteiger partial charge in [-0.25, -0.2) is 15.0 Å². The number of nitrogens with two attached hydrogens (primary N) is 1. The number of rotatable bonds is 1. The molecule has 60 valence electrons. The molecule has 0 aliphatic rings.